The number of rotatable bonds is 5. The number of fused-ring (bicyclic) bond motifs is 1. The van der Waals surface area contributed by atoms with Crippen molar-refractivity contribution in [2.45, 2.75) is 53.0 Å². The van der Waals surface area contributed by atoms with Gasteiger partial charge in [-0.25, -0.2) is 4.98 Å². The monoisotopic (exact) mass is 245 g/mol. The predicted octanol–water partition coefficient (Wildman–Crippen LogP) is 3.82. The van der Waals surface area contributed by atoms with E-state index in [-0.39, 0.29) is 0 Å². The largest absolute Gasteiger partial charge is 0.369 e. The third kappa shape index (κ3) is 2.50. The molecule has 0 atom stereocenters. The highest BCUT2D eigenvalue weighted by Crippen LogP contribution is 2.22. The Hall–Kier alpha value is -1.51. The van der Waals surface area contributed by atoms with Crippen LogP contribution in [0.5, 0.6) is 0 Å². The number of imidazole rings is 1. The van der Waals surface area contributed by atoms with Crippen molar-refractivity contribution in [3.8, 4) is 0 Å². The van der Waals surface area contributed by atoms with Crippen molar-refractivity contribution in [2.24, 2.45) is 0 Å². The molecule has 1 aromatic carbocycles. The standard InChI is InChI=1S/C15H23N3/c1-4-5-6-7-8-18-14-10-12(3)11(2)9-13(14)17-15(18)16/h9-10H,4-8H2,1-3H3,(H2,16,17). The van der Waals surface area contributed by atoms with Gasteiger partial charge >= 0.3 is 0 Å². The number of nitrogens with zero attached hydrogens (tertiary/aromatic N) is 2. The molecule has 3 heteroatoms. The van der Waals surface area contributed by atoms with Gasteiger partial charge in [0, 0.05) is 6.54 Å². The molecule has 0 aliphatic carbocycles. The number of anilines is 1. The van der Waals surface area contributed by atoms with Crippen LogP contribution in [0.25, 0.3) is 11.0 Å². The van der Waals surface area contributed by atoms with Gasteiger partial charge in [-0.3, -0.25) is 0 Å². The summed E-state index contributed by atoms with van der Waals surface area (Å²) in [4.78, 5) is 4.45. The molecule has 1 heterocycles. The molecule has 0 unspecified atom stereocenters. The first-order valence-electron chi connectivity index (χ1n) is 6.86. The summed E-state index contributed by atoms with van der Waals surface area (Å²) in [6.07, 6.45) is 5.00. The maximum absolute atomic E-state index is 6.02. The molecule has 1 aromatic heterocycles. The maximum Gasteiger partial charge on any atom is 0.201 e. The Kier molecular flexibility index (Phi) is 3.90. The van der Waals surface area contributed by atoms with Gasteiger partial charge in [0.2, 0.25) is 5.95 Å². The average molecular weight is 245 g/mol. The van der Waals surface area contributed by atoms with Crippen LogP contribution in [-0.2, 0) is 6.54 Å². The summed E-state index contributed by atoms with van der Waals surface area (Å²) in [6.45, 7) is 7.46. The number of nitrogens with two attached hydrogens (primary N) is 1. The van der Waals surface area contributed by atoms with E-state index in [2.05, 4.69) is 42.5 Å². The van der Waals surface area contributed by atoms with E-state index < -0.39 is 0 Å². The van der Waals surface area contributed by atoms with E-state index in [1.165, 1.54) is 42.3 Å². The van der Waals surface area contributed by atoms with Gasteiger partial charge in [0.15, 0.2) is 0 Å². The van der Waals surface area contributed by atoms with Gasteiger partial charge in [-0.15, -0.1) is 0 Å². The number of hydrogen-bond donors (Lipinski definition) is 1. The molecule has 0 saturated heterocycles. The zero-order valence-corrected chi connectivity index (χ0v) is 11.7. The lowest BCUT2D eigenvalue weighted by Crippen LogP contribution is -2.03. The Balaban J connectivity index is 2.26. The Bertz CT molecular complexity index is 540. The molecule has 98 valence electrons. The summed E-state index contributed by atoms with van der Waals surface area (Å²) < 4.78 is 2.15. The van der Waals surface area contributed by atoms with Crippen LogP contribution < -0.4 is 5.73 Å². The second kappa shape index (κ2) is 5.42. The molecule has 2 N–H and O–H groups in total. The normalized spacial score (nSPS) is 11.3. The number of aryl methyl sites for hydroxylation is 3. The molecule has 2 aromatic rings. The van der Waals surface area contributed by atoms with E-state index in [4.69, 9.17) is 5.73 Å². The number of nitrogen functional groups attached to an aromatic ring is 1. The first kappa shape index (κ1) is 12.9. The van der Waals surface area contributed by atoms with Crippen molar-refractivity contribution in [2.75, 3.05) is 5.73 Å². The van der Waals surface area contributed by atoms with Crippen molar-refractivity contribution in [3.05, 3.63) is 23.3 Å². The van der Waals surface area contributed by atoms with Crippen molar-refractivity contribution < 1.29 is 0 Å². The molecule has 18 heavy (non-hydrogen) atoms. The molecule has 0 fully saturated rings. The zero-order chi connectivity index (χ0) is 13.1. The van der Waals surface area contributed by atoms with Gasteiger partial charge in [-0.05, 0) is 43.5 Å². The second-order valence-electron chi connectivity index (χ2n) is 5.11. The third-order valence-corrected chi connectivity index (χ3v) is 3.63. The highest BCUT2D eigenvalue weighted by molar-refractivity contribution is 5.80. The Morgan fingerprint density at radius 2 is 1.83 bits per heavy atom. The summed E-state index contributed by atoms with van der Waals surface area (Å²) >= 11 is 0. The molecule has 0 bridgehead atoms. The molecule has 0 aliphatic heterocycles. The average Bonchev–Trinajstić information content (AvgIpc) is 2.62. The van der Waals surface area contributed by atoms with E-state index >= 15 is 0 Å². The third-order valence-electron chi connectivity index (χ3n) is 3.63. The molecule has 0 saturated carbocycles. The van der Waals surface area contributed by atoms with E-state index in [0.717, 1.165) is 12.1 Å². The van der Waals surface area contributed by atoms with Crippen LogP contribution >= 0.6 is 0 Å². The van der Waals surface area contributed by atoms with Gasteiger partial charge in [0.25, 0.3) is 0 Å². The van der Waals surface area contributed by atoms with Gasteiger partial charge in [0.1, 0.15) is 0 Å². The van der Waals surface area contributed by atoms with Crippen LogP contribution in [0.1, 0.15) is 43.7 Å². The minimum atomic E-state index is 0.645. The number of aromatic nitrogens is 2. The van der Waals surface area contributed by atoms with Crippen LogP contribution in [0.3, 0.4) is 0 Å². The van der Waals surface area contributed by atoms with Gasteiger partial charge in [-0.1, -0.05) is 26.2 Å². The number of hydrogen-bond acceptors (Lipinski definition) is 2. The first-order chi connectivity index (χ1) is 8.63. The molecule has 0 spiro atoms. The van der Waals surface area contributed by atoms with Crippen LogP contribution in [0.4, 0.5) is 5.95 Å². The summed E-state index contributed by atoms with van der Waals surface area (Å²) in [7, 11) is 0. The smallest absolute Gasteiger partial charge is 0.201 e. The summed E-state index contributed by atoms with van der Waals surface area (Å²) in [5.74, 6) is 0.645. The maximum atomic E-state index is 6.02. The van der Waals surface area contributed by atoms with Crippen molar-refractivity contribution in [1.82, 2.24) is 9.55 Å². The second-order valence-corrected chi connectivity index (χ2v) is 5.11. The van der Waals surface area contributed by atoms with Crippen LogP contribution in [0.2, 0.25) is 0 Å². The van der Waals surface area contributed by atoms with E-state index in [1.54, 1.807) is 0 Å². The van der Waals surface area contributed by atoms with Crippen LogP contribution in [0.15, 0.2) is 12.1 Å². The van der Waals surface area contributed by atoms with E-state index in [0.29, 0.717) is 5.95 Å². The van der Waals surface area contributed by atoms with Crippen LogP contribution in [-0.4, -0.2) is 9.55 Å². The molecule has 0 amide bonds. The minimum absolute atomic E-state index is 0.645. The SMILES string of the molecule is CCCCCCn1c(N)nc2cc(C)c(C)cc21. The molecular weight excluding hydrogens is 222 g/mol. The van der Waals surface area contributed by atoms with Gasteiger partial charge in [0.05, 0.1) is 11.0 Å². The fourth-order valence-electron chi connectivity index (χ4n) is 2.33. The van der Waals surface area contributed by atoms with Gasteiger partial charge < -0.3 is 10.3 Å². The molecule has 0 radical (unpaired) electrons. The van der Waals surface area contributed by atoms with E-state index in [1.807, 2.05) is 0 Å². The van der Waals surface area contributed by atoms with Gasteiger partial charge in [-0.2, -0.15) is 0 Å². The number of unbranched alkanes of at least 4 members (excludes halogenated alkanes) is 3. The summed E-state index contributed by atoms with van der Waals surface area (Å²) in [6, 6.07) is 4.33. The Morgan fingerprint density at radius 3 is 2.56 bits per heavy atom. The Labute approximate surface area is 109 Å². The first-order valence-corrected chi connectivity index (χ1v) is 6.86. The highest BCUT2D eigenvalue weighted by Gasteiger charge is 2.09. The zero-order valence-electron chi connectivity index (χ0n) is 11.7. The lowest BCUT2D eigenvalue weighted by Gasteiger charge is -2.07. The highest BCUT2D eigenvalue weighted by atomic mass is 15.1. The fourth-order valence-corrected chi connectivity index (χ4v) is 2.33. The van der Waals surface area contributed by atoms with Crippen molar-refractivity contribution in [1.29, 1.82) is 0 Å². The lowest BCUT2D eigenvalue weighted by atomic mass is 10.1. The Morgan fingerprint density at radius 1 is 1.11 bits per heavy atom. The van der Waals surface area contributed by atoms with E-state index in [9.17, 15) is 0 Å². The summed E-state index contributed by atoms with van der Waals surface area (Å²) in [5, 5.41) is 0. The predicted molar refractivity (Wildman–Crippen MR) is 77.8 cm³/mol. The molecule has 3 nitrogen and oxygen atoms in total. The molecular formula is C15H23N3. The fraction of sp³-hybridized carbons (Fsp3) is 0.533. The van der Waals surface area contributed by atoms with Crippen LogP contribution in [0, 0.1) is 13.8 Å². The topological polar surface area (TPSA) is 43.8 Å². The minimum Gasteiger partial charge on any atom is -0.369 e. The lowest BCUT2D eigenvalue weighted by molar-refractivity contribution is 0.595. The summed E-state index contributed by atoms with van der Waals surface area (Å²) in [5.41, 5.74) is 10.8. The quantitative estimate of drug-likeness (QED) is 0.814. The number of benzene rings is 1. The molecule has 2 rings (SSSR count). The molecule has 0 aliphatic rings. The van der Waals surface area contributed by atoms with Crippen molar-refractivity contribution >= 4 is 17.0 Å². The van der Waals surface area contributed by atoms with Crippen molar-refractivity contribution in [3.63, 3.8) is 0 Å².